The van der Waals surface area contributed by atoms with E-state index < -0.39 is 41.4 Å². The number of carboxylic acid groups (broad SMARTS) is 1. The van der Waals surface area contributed by atoms with Crippen LogP contribution in [-0.4, -0.2) is 41.1 Å². The van der Waals surface area contributed by atoms with Gasteiger partial charge in [-0.25, -0.2) is 18.0 Å². The molecule has 26 heavy (non-hydrogen) atoms. The molecule has 0 aliphatic carbocycles. The van der Waals surface area contributed by atoms with Crippen molar-refractivity contribution in [3.8, 4) is 0 Å². The Labute approximate surface area is 148 Å². The van der Waals surface area contributed by atoms with Crippen LogP contribution in [0, 0.1) is 17.5 Å². The first kappa shape index (κ1) is 19.7. The van der Waals surface area contributed by atoms with Crippen molar-refractivity contribution >= 4 is 11.9 Å². The maximum Gasteiger partial charge on any atom is 0.331 e. The lowest BCUT2D eigenvalue weighted by atomic mass is 9.99. The van der Waals surface area contributed by atoms with Gasteiger partial charge in [-0.1, -0.05) is 6.08 Å². The molecule has 1 fully saturated rings. The monoisotopic (exact) mass is 369 g/mol. The van der Waals surface area contributed by atoms with Crippen molar-refractivity contribution in [2.45, 2.75) is 25.4 Å². The first-order valence-electron chi connectivity index (χ1n) is 7.82. The predicted octanol–water partition coefficient (Wildman–Crippen LogP) is 2.98. The summed E-state index contributed by atoms with van der Waals surface area (Å²) >= 11 is 0. The minimum Gasteiger partial charge on any atom is -0.478 e. The second-order valence-electron chi connectivity index (χ2n) is 5.87. The molecule has 140 valence electrons. The Morgan fingerprint density at radius 2 is 1.92 bits per heavy atom. The number of aliphatic carboxylic acids is 1. The van der Waals surface area contributed by atoms with Gasteiger partial charge < -0.3 is 14.7 Å². The average molecular weight is 369 g/mol. The van der Waals surface area contributed by atoms with Crippen LogP contribution in [0.3, 0.4) is 0 Å². The molecule has 5 nitrogen and oxygen atoms in total. The van der Waals surface area contributed by atoms with E-state index >= 15 is 0 Å². The first-order valence-corrected chi connectivity index (χ1v) is 7.82. The van der Waals surface area contributed by atoms with Crippen molar-refractivity contribution < 1.29 is 32.6 Å². The highest BCUT2D eigenvalue weighted by molar-refractivity contribution is 5.86. The molecule has 0 saturated carbocycles. The number of nitrogens with zero attached hydrogens (tertiary/aromatic N) is 1. The Bertz CT molecular complexity index is 740. The molecule has 1 heterocycles. The highest BCUT2D eigenvalue weighted by Gasteiger charge is 2.35. The van der Waals surface area contributed by atoms with Crippen LogP contribution < -0.4 is 0 Å². The third-order valence-corrected chi connectivity index (χ3v) is 4.04. The zero-order valence-electron chi connectivity index (χ0n) is 14.0. The van der Waals surface area contributed by atoms with Crippen molar-refractivity contribution in [3.63, 3.8) is 0 Å². The van der Waals surface area contributed by atoms with E-state index in [-0.39, 0.29) is 30.8 Å². The van der Waals surface area contributed by atoms with Crippen molar-refractivity contribution in [2.24, 2.45) is 0 Å². The highest BCUT2D eigenvalue weighted by Crippen LogP contribution is 2.31. The molecule has 2 rings (SSSR count). The molecular formula is C18H18F3NO4. The number of rotatable bonds is 5. The molecular weight excluding hydrogens is 351 g/mol. The van der Waals surface area contributed by atoms with Gasteiger partial charge in [-0.3, -0.25) is 4.79 Å². The molecule has 1 amide bonds. The Kier molecular flexibility index (Phi) is 6.20. The van der Waals surface area contributed by atoms with Gasteiger partial charge in [0, 0.05) is 12.0 Å². The van der Waals surface area contributed by atoms with Crippen LogP contribution in [0.2, 0.25) is 0 Å². The van der Waals surface area contributed by atoms with Crippen molar-refractivity contribution in [1.82, 2.24) is 4.90 Å². The van der Waals surface area contributed by atoms with E-state index in [0.717, 1.165) is 12.1 Å². The minimum atomic E-state index is -1.60. The van der Waals surface area contributed by atoms with Gasteiger partial charge in [0.05, 0.1) is 25.3 Å². The normalized spacial score (nSPS) is 20.8. The molecule has 1 aliphatic rings. The zero-order valence-corrected chi connectivity index (χ0v) is 14.0. The van der Waals surface area contributed by atoms with Gasteiger partial charge in [-0.15, -0.1) is 6.58 Å². The molecule has 0 unspecified atom stereocenters. The molecule has 1 aromatic carbocycles. The smallest absolute Gasteiger partial charge is 0.331 e. The second-order valence-corrected chi connectivity index (χ2v) is 5.87. The van der Waals surface area contributed by atoms with Crippen LogP contribution in [0.4, 0.5) is 13.2 Å². The van der Waals surface area contributed by atoms with Crippen LogP contribution in [0.25, 0.3) is 0 Å². The fourth-order valence-corrected chi connectivity index (χ4v) is 2.79. The van der Waals surface area contributed by atoms with Crippen LogP contribution in [-0.2, 0) is 14.3 Å². The van der Waals surface area contributed by atoms with Crippen LogP contribution in [0.15, 0.2) is 36.4 Å². The lowest BCUT2D eigenvalue weighted by molar-refractivity contribution is -0.143. The van der Waals surface area contributed by atoms with Gasteiger partial charge >= 0.3 is 5.97 Å². The number of amides is 1. The van der Waals surface area contributed by atoms with E-state index in [0.29, 0.717) is 0 Å². The molecule has 1 aliphatic heterocycles. The van der Waals surface area contributed by atoms with E-state index in [2.05, 4.69) is 6.58 Å². The number of carboxylic acids is 1. The molecule has 8 heteroatoms. The highest BCUT2D eigenvalue weighted by atomic mass is 19.2. The third-order valence-electron chi connectivity index (χ3n) is 4.04. The summed E-state index contributed by atoms with van der Waals surface area (Å²) < 4.78 is 45.9. The van der Waals surface area contributed by atoms with Gasteiger partial charge in [0.2, 0.25) is 5.91 Å². The number of halogens is 3. The molecule has 1 N–H and O–H groups in total. The van der Waals surface area contributed by atoms with Gasteiger partial charge in [0.15, 0.2) is 17.5 Å². The zero-order chi connectivity index (χ0) is 19.4. The number of ether oxygens (including phenoxy) is 1. The largest absolute Gasteiger partial charge is 0.478 e. The predicted molar refractivity (Wildman–Crippen MR) is 86.7 cm³/mol. The summed E-state index contributed by atoms with van der Waals surface area (Å²) in [5.74, 6) is -5.95. The van der Waals surface area contributed by atoms with Crippen molar-refractivity contribution in [1.29, 1.82) is 0 Å². The van der Waals surface area contributed by atoms with E-state index in [9.17, 15) is 22.8 Å². The Morgan fingerprint density at radius 1 is 1.31 bits per heavy atom. The molecule has 1 aromatic rings. The second kappa shape index (κ2) is 8.18. The fraction of sp³-hybridized carbons (Fsp3) is 0.333. The van der Waals surface area contributed by atoms with Crippen LogP contribution in [0.1, 0.15) is 24.9 Å². The molecule has 0 radical (unpaired) electrons. The number of carbonyl (C=O) groups excluding carboxylic acids is 1. The van der Waals surface area contributed by atoms with Gasteiger partial charge in [0.1, 0.15) is 0 Å². The summed E-state index contributed by atoms with van der Waals surface area (Å²) in [5.41, 5.74) is 0.0111. The maximum absolute atomic E-state index is 13.6. The lowest BCUT2D eigenvalue weighted by Crippen LogP contribution is -2.49. The summed E-state index contributed by atoms with van der Waals surface area (Å²) in [7, 11) is 0. The minimum absolute atomic E-state index is 0.00730. The number of hydrogen-bond acceptors (Lipinski definition) is 3. The summed E-state index contributed by atoms with van der Waals surface area (Å²) in [6.07, 6.45) is 2.65. The molecule has 2 atom stereocenters. The van der Waals surface area contributed by atoms with Gasteiger partial charge in [0.25, 0.3) is 0 Å². The van der Waals surface area contributed by atoms with E-state index in [4.69, 9.17) is 9.84 Å². The Morgan fingerprint density at radius 3 is 2.46 bits per heavy atom. The molecule has 0 bridgehead atoms. The van der Waals surface area contributed by atoms with Crippen molar-refractivity contribution in [3.05, 3.63) is 59.5 Å². The van der Waals surface area contributed by atoms with Crippen LogP contribution in [0.5, 0.6) is 0 Å². The van der Waals surface area contributed by atoms with E-state index in [1.807, 2.05) is 0 Å². The lowest BCUT2D eigenvalue weighted by Gasteiger charge is -2.41. The summed E-state index contributed by atoms with van der Waals surface area (Å²) in [6, 6.07) is -0.0507. The SMILES string of the molecule is C=CCC(=O)N1[C@@H](/C=C(\C)C(=O)O)COC[C@H]1c1cc(F)c(F)c(F)c1. The average Bonchev–Trinajstić information content (AvgIpc) is 2.59. The fourth-order valence-electron chi connectivity index (χ4n) is 2.79. The van der Waals surface area contributed by atoms with Crippen LogP contribution >= 0.6 is 0 Å². The maximum atomic E-state index is 13.6. The van der Waals surface area contributed by atoms with E-state index in [1.54, 1.807) is 0 Å². The first-order chi connectivity index (χ1) is 12.3. The third kappa shape index (κ3) is 4.13. The van der Waals surface area contributed by atoms with Crippen molar-refractivity contribution in [2.75, 3.05) is 13.2 Å². The number of morpholine rings is 1. The van der Waals surface area contributed by atoms with E-state index in [1.165, 1.54) is 24.0 Å². The number of benzene rings is 1. The Hall–Kier alpha value is -2.61. The number of hydrogen-bond donors (Lipinski definition) is 1. The van der Waals surface area contributed by atoms with Gasteiger partial charge in [-0.05, 0) is 30.7 Å². The summed E-state index contributed by atoms with van der Waals surface area (Å²) in [6.45, 7) is 4.81. The quantitative estimate of drug-likeness (QED) is 0.492. The molecule has 1 saturated heterocycles. The summed E-state index contributed by atoms with van der Waals surface area (Å²) in [4.78, 5) is 24.9. The Balaban J connectivity index is 2.48. The molecule has 0 aromatic heterocycles. The standard InChI is InChI=1S/C18H18F3NO4/c1-3-4-16(23)22-12(5-10(2)18(24)25)8-26-9-15(22)11-6-13(19)17(21)14(20)7-11/h3,5-7,12,15H,1,4,8-9H2,2H3,(H,24,25)/b10-5+/t12-,15-/m0/s1. The molecule has 0 spiro atoms. The number of carbonyl (C=O) groups is 2. The van der Waals surface area contributed by atoms with Gasteiger partial charge in [-0.2, -0.15) is 0 Å². The topological polar surface area (TPSA) is 66.8 Å². The summed E-state index contributed by atoms with van der Waals surface area (Å²) in [5, 5.41) is 9.06.